The van der Waals surface area contributed by atoms with Crippen LogP contribution in [0.25, 0.3) is 10.9 Å². The van der Waals surface area contributed by atoms with Crippen LogP contribution in [0.4, 0.5) is 28.9 Å². The van der Waals surface area contributed by atoms with E-state index in [2.05, 4.69) is 22.5 Å². The lowest BCUT2D eigenvalue weighted by molar-refractivity contribution is -0.140. The Morgan fingerprint density at radius 2 is 1.86 bits per heavy atom. The first-order valence-electron chi connectivity index (χ1n) is 11.3. The molecule has 2 N–H and O–H groups in total. The molecule has 0 saturated carbocycles. The number of hydrogen-bond acceptors (Lipinski definition) is 5. The summed E-state index contributed by atoms with van der Waals surface area (Å²) in [4.78, 5) is 0. The molecular weight excluding hydrogens is 498 g/mol. The Balaban J connectivity index is 1.62. The highest BCUT2D eigenvalue weighted by atomic mass is 32.2. The zero-order valence-electron chi connectivity index (χ0n) is 19.5. The maximum absolute atomic E-state index is 14.1. The number of hydrogen-bond donors (Lipinski definition) is 2. The molecule has 2 heterocycles. The Morgan fingerprint density at radius 3 is 2.56 bits per heavy atom. The molecule has 0 aliphatic carbocycles. The van der Waals surface area contributed by atoms with Crippen molar-refractivity contribution < 1.29 is 30.7 Å². The number of sulfone groups is 1. The molecule has 192 valence electrons. The SMILES string of the molecule is COc1cccc(F)c1NCC#Cc1cc2c(NC3CCS(=O)(=O)CC3)cccc2n1CC(F)(F)F. The first-order valence-corrected chi connectivity index (χ1v) is 13.1. The summed E-state index contributed by atoms with van der Waals surface area (Å²) in [5.41, 5.74) is 1.25. The van der Waals surface area contributed by atoms with Crippen molar-refractivity contribution >= 4 is 32.1 Å². The number of alkyl halides is 3. The van der Waals surface area contributed by atoms with E-state index in [-0.39, 0.29) is 41.2 Å². The van der Waals surface area contributed by atoms with Crippen molar-refractivity contribution in [2.45, 2.75) is 31.6 Å². The van der Waals surface area contributed by atoms with Crippen LogP contribution in [0.2, 0.25) is 0 Å². The summed E-state index contributed by atoms with van der Waals surface area (Å²) in [6.45, 7) is -1.24. The van der Waals surface area contributed by atoms with Gasteiger partial charge in [0.05, 0.1) is 36.4 Å². The molecule has 11 heteroatoms. The molecule has 1 fully saturated rings. The van der Waals surface area contributed by atoms with Gasteiger partial charge >= 0.3 is 6.18 Å². The quantitative estimate of drug-likeness (QED) is 0.359. The molecule has 0 spiro atoms. The number of halogens is 4. The van der Waals surface area contributed by atoms with E-state index in [0.717, 1.165) is 4.57 Å². The van der Waals surface area contributed by atoms with E-state index in [0.29, 0.717) is 29.4 Å². The van der Waals surface area contributed by atoms with E-state index in [1.165, 1.54) is 19.2 Å². The van der Waals surface area contributed by atoms with Gasteiger partial charge in [-0.1, -0.05) is 18.1 Å². The van der Waals surface area contributed by atoms with Crippen LogP contribution in [0, 0.1) is 17.7 Å². The topological polar surface area (TPSA) is 72.4 Å². The van der Waals surface area contributed by atoms with Gasteiger partial charge in [0.15, 0.2) is 0 Å². The maximum atomic E-state index is 14.1. The van der Waals surface area contributed by atoms with Crippen molar-refractivity contribution in [2.75, 3.05) is 35.8 Å². The number of methoxy groups -OCH3 is 1. The number of benzene rings is 2. The van der Waals surface area contributed by atoms with Gasteiger partial charge in [-0.25, -0.2) is 12.8 Å². The molecule has 0 unspecified atom stereocenters. The first-order chi connectivity index (χ1) is 17.1. The van der Waals surface area contributed by atoms with E-state index in [1.54, 1.807) is 30.3 Å². The largest absolute Gasteiger partial charge is 0.494 e. The fraction of sp³-hybridized carbons (Fsp3) is 0.360. The molecule has 1 saturated heterocycles. The third kappa shape index (κ3) is 6.05. The maximum Gasteiger partial charge on any atom is 0.406 e. The molecule has 0 bridgehead atoms. The lowest BCUT2D eigenvalue weighted by Gasteiger charge is -2.24. The molecule has 6 nitrogen and oxygen atoms in total. The minimum Gasteiger partial charge on any atom is -0.494 e. The zero-order chi connectivity index (χ0) is 25.9. The van der Waals surface area contributed by atoms with E-state index < -0.39 is 28.4 Å². The van der Waals surface area contributed by atoms with Gasteiger partial charge in [0.2, 0.25) is 0 Å². The van der Waals surface area contributed by atoms with Gasteiger partial charge in [-0.3, -0.25) is 0 Å². The second-order valence-corrected chi connectivity index (χ2v) is 10.8. The summed E-state index contributed by atoms with van der Waals surface area (Å²) < 4.78 is 84.0. The van der Waals surface area contributed by atoms with E-state index >= 15 is 0 Å². The van der Waals surface area contributed by atoms with Gasteiger partial charge in [-0.15, -0.1) is 0 Å². The Hall–Kier alpha value is -3.39. The summed E-state index contributed by atoms with van der Waals surface area (Å²) >= 11 is 0. The van der Waals surface area contributed by atoms with Crippen LogP contribution in [0.1, 0.15) is 18.5 Å². The van der Waals surface area contributed by atoms with Crippen molar-refractivity contribution in [1.29, 1.82) is 0 Å². The van der Waals surface area contributed by atoms with Crippen LogP contribution in [0.15, 0.2) is 42.5 Å². The average Bonchev–Trinajstić information content (AvgIpc) is 3.15. The summed E-state index contributed by atoms with van der Waals surface area (Å²) in [5.74, 6) is 5.45. The number of anilines is 2. The number of aromatic nitrogens is 1. The van der Waals surface area contributed by atoms with Crippen LogP contribution < -0.4 is 15.4 Å². The van der Waals surface area contributed by atoms with Crippen LogP contribution in [0.3, 0.4) is 0 Å². The van der Waals surface area contributed by atoms with Gasteiger partial charge in [-0.2, -0.15) is 13.2 Å². The molecule has 3 aromatic rings. The first kappa shape index (κ1) is 25.7. The molecule has 4 rings (SSSR count). The Kier molecular flexibility index (Phi) is 7.36. The standard InChI is InChI=1S/C25H25F4N3O3S/c1-35-23-9-2-6-20(26)24(23)30-12-4-5-18-15-19-21(31-17-10-13-36(33,34)14-11-17)7-3-8-22(19)32(18)16-25(27,28)29/h2-3,6-9,15,17,30-31H,10-14,16H2,1H3. The highest BCUT2D eigenvalue weighted by molar-refractivity contribution is 7.91. The van der Waals surface area contributed by atoms with Crippen molar-refractivity contribution in [3.05, 3.63) is 54.0 Å². The van der Waals surface area contributed by atoms with Crippen molar-refractivity contribution in [1.82, 2.24) is 4.57 Å². The van der Waals surface area contributed by atoms with E-state index in [1.807, 2.05) is 0 Å². The molecular formula is C25H25F4N3O3S. The van der Waals surface area contributed by atoms with E-state index in [4.69, 9.17) is 4.74 Å². The zero-order valence-corrected chi connectivity index (χ0v) is 20.3. The fourth-order valence-corrected chi connectivity index (χ4v) is 5.72. The summed E-state index contributed by atoms with van der Waals surface area (Å²) in [6.07, 6.45) is -3.61. The third-order valence-corrected chi connectivity index (χ3v) is 7.68. The number of nitrogens with zero attached hydrogens (tertiary/aromatic N) is 1. The molecule has 0 atom stereocenters. The minimum atomic E-state index is -4.47. The summed E-state index contributed by atoms with van der Waals surface area (Å²) in [5, 5.41) is 6.67. The monoisotopic (exact) mass is 523 g/mol. The number of rotatable bonds is 6. The third-order valence-electron chi connectivity index (χ3n) is 5.96. The second kappa shape index (κ2) is 10.3. The van der Waals surface area contributed by atoms with Crippen molar-refractivity contribution in [3.63, 3.8) is 0 Å². The lowest BCUT2D eigenvalue weighted by Crippen LogP contribution is -2.32. The highest BCUT2D eigenvalue weighted by Crippen LogP contribution is 2.31. The number of nitrogens with one attached hydrogen (secondary N) is 2. The molecule has 1 aromatic heterocycles. The number of fused-ring (bicyclic) bond motifs is 1. The second-order valence-electron chi connectivity index (χ2n) is 8.51. The van der Waals surface area contributed by atoms with Gasteiger partial charge < -0.3 is 19.9 Å². The fourth-order valence-electron chi connectivity index (χ4n) is 4.23. The Bertz CT molecular complexity index is 1410. The predicted octanol–water partition coefficient (Wildman–Crippen LogP) is 4.80. The van der Waals surface area contributed by atoms with E-state index in [9.17, 15) is 26.0 Å². The molecule has 1 aliphatic rings. The van der Waals surface area contributed by atoms with Crippen LogP contribution in [-0.2, 0) is 16.4 Å². The highest BCUT2D eigenvalue weighted by Gasteiger charge is 2.30. The van der Waals surface area contributed by atoms with Gasteiger partial charge in [0.1, 0.15) is 33.6 Å². The molecule has 0 amide bonds. The normalized spacial score (nSPS) is 15.8. The van der Waals surface area contributed by atoms with Gasteiger partial charge in [0.25, 0.3) is 0 Å². The van der Waals surface area contributed by atoms with Crippen LogP contribution >= 0.6 is 0 Å². The van der Waals surface area contributed by atoms with Gasteiger partial charge in [-0.05, 0) is 49.1 Å². The lowest BCUT2D eigenvalue weighted by atomic mass is 10.1. The smallest absolute Gasteiger partial charge is 0.406 e. The average molecular weight is 524 g/mol. The summed E-state index contributed by atoms with van der Waals surface area (Å²) in [7, 11) is -1.64. The van der Waals surface area contributed by atoms with Crippen LogP contribution in [-0.4, -0.2) is 50.4 Å². The van der Waals surface area contributed by atoms with Crippen molar-refractivity contribution in [3.8, 4) is 17.6 Å². The van der Waals surface area contributed by atoms with Gasteiger partial charge in [0, 0.05) is 17.1 Å². The summed E-state index contributed by atoms with van der Waals surface area (Å²) in [6, 6.07) is 10.8. The minimum absolute atomic E-state index is 0.0213. The predicted molar refractivity (Wildman–Crippen MR) is 132 cm³/mol. The molecule has 2 aromatic carbocycles. The Morgan fingerprint density at radius 1 is 1.14 bits per heavy atom. The van der Waals surface area contributed by atoms with Crippen LogP contribution in [0.5, 0.6) is 5.75 Å². The molecule has 36 heavy (non-hydrogen) atoms. The molecule has 1 aliphatic heterocycles. The molecule has 0 radical (unpaired) electrons. The number of ether oxygens (including phenoxy) is 1. The van der Waals surface area contributed by atoms with Crippen molar-refractivity contribution in [2.24, 2.45) is 0 Å². The number of para-hydroxylation sites is 1. The Labute approximate surface area is 206 Å².